The van der Waals surface area contributed by atoms with Crippen LogP contribution in [-0.2, 0) is 123 Å². The lowest BCUT2D eigenvalue weighted by molar-refractivity contribution is 0.0685. The quantitative estimate of drug-likeness (QED) is 0.0160. The highest BCUT2D eigenvalue weighted by Gasteiger charge is 2.20. The highest BCUT2D eigenvalue weighted by Crippen LogP contribution is 2.27. The van der Waals surface area contributed by atoms with E-state index in [4.69, 9.17) is 40.8 Å². The van der Waals surface area contributed by atoms with Gasteiger partial charge in [0.05, 0.1) is 111 Å². The third-order valence-corrected chi connectivity index (χ3v) is 22.8. The highest BCUT2D eigenvalue weighted by atomic mass is 35.5. The van der Waals surface area contributed by atoms with E-state index in [1.165, 1.54) is 53.3 Å². The average molecular weight is 1940 g/mol. The molecule has 0 aliphatic rings. The summed E-state index contributed by atoms with van der Waals surface area (Å²) < 4.78 is 28.0. The number of ether oxygens (including phenoxy) is 4. The first-order chi connectivity index (χ1) is 68.0. The number of hydrogen-bond acceptors (Lipinski definition) is 25. The summed E-state index contributed by atoms with van der Waals surface area (Å²) in [6, 6.07) is 57.8. The van der Waals surface area contributed by atoms with Gasteiger partial charge in [-0.1, -0.05) is 120 Å². The summed E-state index contributed by atoms with van der Waals surface area (Å²) in [5.74, 6) is -0.241. The average Bonchev–Trinajstić information content (AvgIpc) is 1.47. The number of imidazole rings is 1. The Morgan fingerprint density at radius 2 is 0.887 bits per heavy atom. The van der Waals surface area contributed by atoms with E-state index in [0.29, 0.717) is 122 Å². The van der Waals surface area contributed by atoms with Gasteiger partial charge in [0.1, 0.15) is 35.3 Å². The SMILES string of the molecule is CCc1cnc(CCCc2cc(C(=O)O)cc(C)n2)n1CCCc1ccccc1.COc1ccc(O)c(CCCCc2cc(C(=O)O)cc(CO)n2)n1.COc1ccc(OCCc2ccccc2)c(CCCCc2cc(C(=O)O)cc(CO)n2)n1.COc1nnc(CNCc2cc(C(=O)O)cc(C)n2)n1Cc1ccc(C)cc1.Cc1cc(Cl)cc(CCn2cnnc2CCCc2cc(C(=O)O)cc(C)n2)c1. The zero-order valence-electron chi connectivity index (χ0n) is 81.0. The molecule has 0 amide bonds. The Morgan fingerprint density at radius 3 is 1.42 bits per heavy atom. The van der Waals surface area contributed by atoms with E-state index in [9.17, 15) is 54.6 Å². The number of nitrogens with zero attached hydrogens (tertiary/aromatic N) is 15. The van der Waals surface area contributed by atoms with Gasteiger partial charge in [-0.3, -0.25) is 29.5 Å². The van der Waals surface area contributed by atoms with E-state index in [0.717, 1.165) is 171 Å². The number of aliphatic hydroxyl groups is 2. The monoisotopic (exact) mass is 1940 g/mol. The van der Waals surface area contributed by atoms with Crippen LogP contribution in [0.3, 0.4) is 0 Å². The Bertz CT molecular complexity index is 6400. The number of rotatable bonds is 46. The number of pyridine rings is 7. The minimum Gasteiger partial charge on any atom is -0.506 e. The number of carboxylic acid groups (broad SMARTS) is 5. The molecular formula is C107H123ClN16O17. The number of aromatic nitrogens is 15. The summed E-state index contributed by atoms with van der Waals surface area (Å²) in [6.07, 6.45) is 18.9. The number of aryl methyl sites for hydroxylation is 17. The Balaban J connectivity index is 0.000000182. The number of nitrogens with one attached hydrogen (secondary N) is 1. The van der Waals surface area contributed by atoms with E-state index in [1.54, 1.807) is 88.1 Å². The van der Waals surface area contributed by atoms with Crippen LogP contribution in [0.1, 0.15) is 229 Å². The summed E-state index contributed by atoms with van der Waals surface area (Å²) in [5.41, 5.74) is 17.4. The van der Waals surface area contributed by atoms with Crippen molar-refractivity contribution in [1.29, 1.82) is 0 Å². The van der Waals surface area contributed by atoms with Gasteiger partial charge in [0.2, 0.25) is 11.8 Å². The molecule has 0 aliphatic heterocycles. The van der Waals surface area contributed by atoms with Crippen LogP contribution in [0.5, 0.6) is 29.3 Å². The van der Waals surface area contributed by atoms with E-state index < -0.39 is 29.8 Å². The molecule has 4 aromatic carbocycles. The molecule has 34 heteroatoms. The molecule has 0 saturated heterocycles. The lowest BCUT2D eigenvalue weighted by atomic mass is 10.1. The van der Waals surface area contributed by atoms with Crippen molar-refractivity contribution in [3.05, 3.63) is 358 Å². The van der Waals surface area contributed by atoms with Crippen LogP contribution in [0.25, 0.3) is 0 Å². The number of carboxylic acids is 5. The number of aromatic carboxylic acids is 5. The summed E-state index contributed by atoms with van der Waals surface area (Å²) >= 11 is 6.14. The summed E-state index contributed by atoms with van der Waals surface area (Å²) in [6.45, 7) is 14.9. The van der Waals surface area contributed by atoms with Crippen molar-refractivity contribution < 1.29 is 83.8 Å². The fourth-order valence-corrected chi connectivity index (χ4v) is 15.9. The van der Waals surface area contributed by atoms with Gasteiger partial charge in [-0.25, -0.2) is 38.9 Å². The third kappa shape index (κ3) is 35.7. The zero-order chi connectivity index (χ0) is 101. The molecule has 740 valence electrons. The first-order valence-electron chi connectivity index (χ1n) is 46.7. The molecule has 0 aliphatic carbocycles. The molecule has 0 bridgehead atoms. The Hall–Kier alpha value is -15.1. The first-order valence-corrected chi connectivity index (χ1v) is 47.1. The first kappa shape index (κ1) is 108. The molecule has 0 radical (unpaired) electrons. The van der Waals surface area contributed by atoms with E-state index in [-0.39, 0.29) is 41.2 Å². The van der Waals surface area contributed by atoms with Crippen molar-refractivity contribution in [2.24, 2.45) is 0 Å². The molecule has 10 aromatic heterocycles. The highest BCUT2D eigenvalue weighted by molar-refractivity contribution is 6.30. The molecule has 0 unspecified atom stereocenters. The molecule has 9 N–H and O–H groups in total. The Kier molecular flexibility index (Phi) is 43.0. The largest absolute Gasteiger partial charge is 0.506 e. The zero-order valence-corrected chi connectivity index (χ0v) is 81.7. The predicted molar refractivity (Wildman–Crippen MR) is 532 cm³/mol. The van der Waals surface area contributed by atoms with Crippen LogP contribution in [0.2, 0.25) is 5.02 Å². The fourth-order valence-electron chi connectivity index (χ4n) is 15.6. The van der Waals surface area contributed by atoms with Crippen LogP contribution >= 0.6 is 11.6 Å². The third-order valence-electron chi connectivity index (χ3n) is 22.6. The lowest BCUT2D eigenvalue weighted by Crippen LogP contribution is -2.18. The van der Waals surface area contributed by atoms with Crippen LogP contribution in [0.4, 0.5) is 0 Å². The van der Waals surface area contributed by atoms with Crippen molar-refractivity contribution in [3.63, 3.8) is 0 Å². The number of halogens is 1. The van der Waals surface area contributed by atoms with Crippen molar-refractivity contribution in [1.82, 2.24) is 79.3 Å². The van der Waals surface area contributed by atoms with E-state index >= 15 is 0 Å². The van der Waals surface area contributed by atoms with Gasteiger partial charge < -0.3 is 74.3 Å². The predicted octanol–water partition coefficient (Wildman–Crippen LogP) is 16.9. The van der Waals surface area contributed by atoms with Gasteiger partial charge in [0.25, 0.3) is 0 Å². The molecule has 0 fully saturated rings. The van der Waals surface area contributed by atoms with Crippen molar-refractivity contribution in [2.45, 2.75) is 209 Å². The lowest BCUT2D eigenvalue weighted by Gasteiger charge is -2.12. The molecule has 0 atom stereocenters. The molecule has 0 spiro atoms. The molecular weight excluding hydrogens is 1820 g/mol. The minimum absolute atomic E-state index is 0.121. The van der Waals surface area contributed by atoms with Gasteiger partial charge in [-0.2, -0.15) is 0 Å². The van der Waals surface area contributed by atoms with Crippen LogP contribution in [0, 0.1) is 34.6 Å². The molecule has 14 aromatic rings. The van der Waals surface area contributed by atoms with Gasteiger partial charge in [-0.15, -0.1) is 15.3 Å². The smallest absolute Gasteiger partial charge is 0.335 e. The maximum atomic E-state index is 11.3. The van der Waals surface area contributed by atoms with Gasteiger partial charge in [0.15, 0.2) is 0 Å². The number of methoxy groups -OCH3 is 3. The fraction of sp³-hybridized carbons (Fsp3) is 0.336. The van der Waals surface area contributed by atoms with Gasteiger partial charge >= 0.3 is 35.9 Å². The Labute approximate surface area is 824 Å². The normalized spacial score (nSPS) is 10.8. The number of carbonyl (C=O) groups is 5. The van der Waals surface area contributed by atoms with Gasteiger partial charge in [0, 0.05) is 108 Å². The number of hydrogen-bond donors (Lipinski definition) is 9. The maximum Gasteiger partial charge on any atom is 0.335 e. The topological polar surface area (TPSA) is 466 Å². The number of aromatic hydroxyl groups is 1. The number of unbranched alkanes of at least 4 members (excludes halogenated alkanes) is 2. The molecule has 14 rings (SSSR count). The summed E-state index contributed by atoms with van der Waals surface area (Å²) in [5, 5.41) is 94.7. The van der Waals surface area contributed by atoms with Gasteiger partial charge in [-0.05, 0) is 250 Å². The van der Waals surface area contributed by atoms with E-state index in [1.807, 2.05) is 74.9 Å². The number of aliphatic hydroxyl groups excluding tert-OH is 2. The van der Waals surface area contributed by atoms with Crippen molar-refractivity contribution in [3.8, 4) is 29.3 Å². The molecule has 0 saturated carbocycles. The number of benzene rings is 4. The summed E-state index contributed by atoms with van der Waals surface area (Å²) in [7, 11) is 4.67. The summed E-state index contributed by atoms with van der Waals surface area (Å²) in [4.78, 5) is 91.2. The van der Waals surface area contributed by atoms with Crippen LogP contribution < -0.4 is 24.3 Å². The molecule has 10 heterocycles. The van der Waals surface area contributed by atoms with Crippen LogP contribution in [-0.4, -0.2) is 173 Å². The minimum atomic E-state index is -1.04. The second-order valence-electron chi connectivity index (χ2n) is 33.7. The van der Waals surface area contributed by atoms with Crippen LogP contribution in [0.15, 0.2) is 201 Å². The second kappa shape index (κ2) is 56.1. The van der Waals surface area contributed by atoms with E-state index in [2.05, 4.69) is 154 Å². The molecule has 141 heavy (non-hydrogen) atoms. The second-order valence-corrected chi connectivity index (χ2v) is 34.1. The standard InChI is InChI=1S/C25H28N2O5.C24H29N3O2.C21H23ClN4O2.C20H23N5O3.C17H20N2O5/c1-31-24-12-11-23(32-14-13-18-7-3-2-4-8-18)22(27-24)10-6-5-9-20-15-19(25(29)30)16-21(17-28)26-20;1-3-22-17-25-23(27(22)14-8-11-19-9-5-4-6-10-19)13-7-12-21-16-20(24(28)29)15-18(2)26-21;1-14-8-16(11-18(22)9-14)6-7-26-13-23-25-20(26)5-3-4-19-12-17(21(27)28)10-15(2)24-19;1-13-4-6-15(7-5-13)12-25-18(23-24-20(25)28-3)11-21-10-17-9-16(19(26)27)8-14(2)22-17;1-24-16-7-6-15(21)14(19-16)5-3-2-4-12-8-11(17(22)23)9-13(10-20)18-12/h2-4,7-8,11-12,15-16,28H,5-6,9-10,13-14,17H2,1H3,(H,29,30);4-6,9-10,15-17H,3,7-8,11-14H2,1-2H3,(H,28,29);8-13H,3-7H2,1-2H3,(H,27,28);4-9,21H,10-12H2,1-3H3,(H,26,27);6-9,20-21H,2-5,10H2,1H3,(H,22,23). The van der Waals surface area contributed by atoms with Crippen molar-refractivity contribution >= 4 is 41.4 Å². The van der Waals surface area contributed by atoms with Crippen molar-refractivity contribution in [2.75, 3.05) is 27.9 Å². The maximum absolute atomic E-state index is 11.3. The molecule has 33 nitrogen and oxygen atoms in total. The Morgan fingerprint density at radius 1 is 0.397 bits per heavy atom.